The number of hydrogen-bond acceptors (Lipinski definition) is 5. The third kappa shape index (κ3) is 5.12. The van der Waals surface area contributed by atoms with E-state index in [1.165, 1.54) is 30.0 Å². The number of benzene rings is 2. The highest BCUT2D eigenvalue weighted by Crippen LogP contribution is 2.25. The Morgan fingerprint density at radius 2 is 1.87 bits per heavy atom. The molecule has 0 spiro atoms. The molecule has 9 heteroatoms. The molecular weight excluding hydrogens is 425 g/mol. The lowest BCUT2D eigenvalue weighted by Crippen LogP contribution is -2.21. The molecule has 0 aliphatic carbocycles. The lowest BCUT2D eigenvalue weighted by atomic mass is 10.2. The number of hydrogen-bond donors (Lipinski definition) is 1. The van der Waals surface area contributed by atoms with Gasteiger partial charge >= 0.3 is 0 Å². The molecule has 1 aromatic heterocycles. The van der Waals surface area contributed by atoms with Crippen molar-refractivity contribution in [1.82, 2.24) is 14.8 Å². The molecule has 0 unspecified atom stereocenters. The van der Waals surface area contributed by atoms with Gasteiger partial charge in [-0.15, -0.1) is 10.2 Å². The van der Waals surface area contributed by atoms with E-state index in [0.29, 0.717) is 16.0 Å². The highest BCUT2D eigenvalue weighted by Gasteiger charge is 2.14. The summed E-state index contributed by atoms with van der Waals surface area (Å²) in [5.74, 6) is -0.107. The Labute approximate surface area is 184 Å². The van der Waals surface area contributed by atoms with Crippen molar-refractivity contribution in [2.75, 3.05) is 29.1 Å². The summed E-state index contributed by atoms with van der Waals surface area (Å²) in [6.45, 7) is 6.14. The van der Waals surface area contributed by atoms with Crippen LogP contribution in [0.25, 0.3) is 11.4 Å². The number of nitrogens with zero attached hydrogens (tertiary/aromatic N) is 4. The molecule has 1 N–H and O–H groups in total. The summed E-state index contributed by atoms with van der Waals surface area (Å²) >= 11 is 7.08. The average Bonchev–Trinajstić information content (AvgIpc) is 3.11. The van der Waals surface area contributed by atoms with Gasteiger partial charge in [0.25, 0.3) is 0 Å². The maximum absolute atomic E-state index is 13.8. The van der Waals surface area contributed by atoms with E-state index in [9.17, 15) is 9.18 Å². The van der Waals surface area contributed by atoms with E-state index in [0.717, 1.165) is 24.3 Å². The van der Waals surface area contributed by atoms with Crippen molar-refractivity contribution in [3.63, 3.8) is 0 Å². The minimum absolute atomic E-state index is 0.0556. The summed E-state index contributed by atoms with van der Waals surface area (Å²) in [5.41, 5.74) is 2.16. The molecule has 0 fully saturated rings. The Morgan fingerprint density at radius 3 is 2.53 bits per heavy atom. The molecule has 3 rings (SSSR count). The van der Waals surface area contributed by atoms with E-state index in [-0.39, 0.29) is 17.3 Å². The van der Waals surface area contributed by atoms with Gasteiger partial charge in [0.2, 0.25) is 5.91 Å². The van der Waals surface area contributed by atoms with Crippen LogP contribution in [0.15, 0.2) is 47.6 Å². The van der Waals surface area contributed by atoms with E-state index in [2.05, 4.69) is 46.4 Å². The van der Waals surface area contributed by atoms with Crippen molar-refractivity contribution in [2.45, 2.75) is 19.0 Å². The first-order valence-corrected chi connectivity index (χ1v) is 10.9. The molecule has 3 aromatic rings. The Hall–Kier alpha value is -2.58. The zero-order valence-electron chi connectivity index (χ0n) is 17.0. The summed E-state index contributed by atoms with van der Waals surface area (Å²) in [5, 5.41) is 11.9. The standard InChI is InChI=1S/C21H23ClFN5OS/c1-4-28(5-2)16-9-6-14(7-10-16)20-25-26-21(27(20)3)30-13-19(29)24-18-12-15(22)8-11-17(18)23/h6-12H,4-5,13H2,1-3H3,(H,24,29). The fraction of sp³-hybridized carbons (Fsp3) is 0.286. The van der Waals surface area contributed by atoms with E-state index in [4.69, 9.17) is 11.6 Å². The molecule has 1 amide bonds. The largest absolute Gasteiger partial charge is 0.372 e. The predicted molar refractivity (Wildman–Crippen MR) is 121 cm³/mol. The lowest BCUT2D eigenvalue weighted by molar-refractivity contribution is -0.113. The zero-order chi connectivity index (χ0) is 21.7. The van der Waals surface area contributed by atoms with Crippen LogP contribution >= 0.6 is 23.4 Å². The van der Waals surface area contributed by atoms with Gasteiger partial charge in [-0.25, -0.2) is 4.39 Å². The van der Waals surface area contributed by atoms with Crippen molar-refractivity contribution < 1.29 is 9.18 Å². The maximum atomic E-state index is 13.8. The molecule has 158 valence electrons. The van der Waals surface area contributed by atoms with Crippen LogP contribution in [-0.2, 0) is 11.8 Å². The van der Waals surface area contributed by atoms with Crippen LogP contribution in [-0.4, -0.2) is 39.5 Å². The monoisotopic (exact) mass is 447 g/mol. The minimum Gasteiger partial charge on any atom is -0.372 e. The summed E-state index contributed by atoms with van der Waals surface area (Å²) in [6, 6.07) is 12.2. The topological polar surface area (TPSA) is 63.1 Å². The normalized spacial score (nSPS) is 10.8. The van der Waals surface area contributed by atoms with E-state index in [1.54, 1.807) is 0 Å². The molecule has 0 radical (unpaired) electrons. The van der Waals surface area contributed by atoms with Crippen LogP contribution in [0.2, 0.25) is 5.02 Å². The summed E-state index contributed by atoms with van der Waals surface area (Å²) in [6.07, 6.45) is 0. The van der Waals surface area contributed by atoms with E-state index < -0.39 is 5.82 Å². The Balaban J connectivity index is 1.65. The Bertz CT molecular complexity index is 1020. The van der Waals surface area contributed by atoms with Gasteiger partial charge in [-0.2, -0.15) is 0 Å². The molecule has 0 aliphatic rings. The van der Waals surface area contributed by atoms with Gasteiger partial charge in [0, 0.05) is 36.4 Å². The minimum atomic E-state index is -0.535. The molecular formula is C21H23ClFN5OS. The number of thioether (sulfide) groups is 1. The SMILES string of the molecule is CCN(CC)c1ccc(-c2nnc(SCC(=O)Nc3cc(Cl)ccc3F)n2C)cc1. The molecule has 0 bridgehead atoms. The molecule has 1 heterocycles. The molecule has 6 nitrogen and oxygen atoms in total. The number of anilines is 2. The molecule has 0 atom stereocenters. The third-order valence-electron chi connectivity index (χ3n) is 4.62. The van der Waals surface area contributed by atoms with Crippen LogP contribution in [0, 0.1) is 5.82 Å². The van der Waals surface area contributed by atoms with Crippen LogP contribution in [0.1, 0.15) is 13.8 Å². The molecule has 0 aliphatic heterocycles. The van der Waals surface area contributed by atoms with Crippen LogP contribution < -0.4 is 10.2 Å². The van der Waals surface area contributed by atoms with Gasteiger partial charge in [0.15, 0.2) is 11.0 Å². The first kappa shape index (κ1) is 22.1. The number of amides is 1. The van der Waals surface area contributed by atoms with Crippen molar-refractivity contribution >= 4 is 40.6 Å². The smallest absolute Gasteiger partial charge is 0.234 e. The lowest BCUT2D eigenvalue weighted by Gasteiger charge is -2.21. The predicted octanol–water partition coefficient (Wildman–Crippen LogP) is 4.85. The zero-order valence-corrected chi connectivity index (χ0v) is 18.6. The molecule has 0 saturated carbocycles. The summed E-state index contributed by atoms with van der Waals surface area (Å²) < 4.78 is 15.6. The third-order valence-corrected chi connectivity index (χ3v) is 5.88. The van der Waals surface area contributed by atoms with Crippen molar-refractivity contribution in [3.05, 3.63) is 53.3 Å². The highest BCUT2D eigenvalue weighted by molar-refractivity contribution is 7.99. The van der Waals surface area contributed by atoms with E-state index >= 15 is 0 Å². The van der Waals surface area contributed by atoms with Gasteiger partial charge in [0.1, 0.15) is 5.82 Å². The first-order valence-electron chi connectivity index (χ1n) is 9.55. The fourth-order valence-electron chi connectivity index (χ4n) is 3.01. The van der Waals surface area contributed by atoms with Crippen LogP contribution in [0.4, 0.5) is 15.8 Å². The fourth-order valence-corrected chi connectivity index (χ4v) is 3.89. The second-order valence-electron chi connectivity index (χ2n) is 6.55. The summed E-state index contributed by atoms with van der Waals surface area (Å²) in [4.78, 5) is 14.5. The Morgan fingerprint density at radius 1 is 1.17 bits per heavy atom. The number of carbonyl (C=O) groups is 1. The molecule has 0 saturated heterocycles. The highest BCUT2D eigenvalue weighted by atomic mass is 35.5. The van der Waals surface area contributed by atoms with Crippen molar-refractivity contribution in [3.8, 4) is 11.4 Å². The van der Waals surface area contributed by atoms with Gasteiger partial charge in [0.05, 0.1) is 11.4 Å². The van der Waals surface area contributed by atoms with Crippen molar-refractivity contribution in [1.29, 1.82) is 0 Å². The number of rotatable bonds is 8. The van der Waals surface area contributed by atoms with Gasteiger partial charge in [-0.1, -0.05) is 23.4 Å². The summed E-state index contributed by atoms with van der Waals surface area (Å²) in [7, 11) is 1.85. The van der Waals surface area contributed by atoms with Gasteiger partial charge in [-0.3, -0.25) is 4.79 Å². The van der Waals surface area contributed by atoms with Gasteiger partial charge < -0.3 is 14.8 Å². The first-order chi connectivity index (χ1) is 14.4. The Kier molecular flexibility index (Phi) is 7.33. The number of nitrogens with one attached hydrogen (secondary N) is 1. The molecule has 30 heavy (non-hydrogen) atoms. The maximum Gasteiger partial charge on any atom is 0.234 e. The van der Waals surface area contributed by atoms with Gasteiger partial charge in [-0.05, 0) is 56.3 Å². The molecule has 2 aromatic carbocycles. The second kappa shape index (κ2) is 9.95. The number of aromatic nitrogens is 3. The van der Waals surface area contributed by atoms with E-state index in [1.807, 2.05) is 23.7 Å². The number of halogens is 2. The van der Waals surface area contributed by atoms with Crippen LogP contribution in [0.3, 0.4) is 0 Å². The quantitative estimate of drug-likeness (QED) is 0.500. The average molecular weight is 448 g/mol. The second-order valence-corrected chi connectivity index (χ2v) is 7.92. The number of carbonyl (C=O) groups excluding carboxylic acids is 1. The van der Waals surface area contributed by atoms with Crippen LogP contribution in [0.5, 0.6) is 0 Å². The van der Waals surface area contributed by atoms with Crippen molar-refractivity contribution in [2.24, 2.45) is 7.05 Å².